The number of anilines is 1. The number of aryl methyl sites for hydroxylation is 1. The zero-order valence-electron chi connectivity index (χ0n) is 15.2. The van der Waals surface area contributed by atoms with Gasteiger partial charge in [0.05, 0.1) is 25.7 Å². The van der Waals surface area contributed by atoms with Crippen LogP contribution in [0.5, 0.6) is 5.75 Å². The Balaban J connectivity index is 1.78. The van der Waals surface area contributed by atoms with Crippen molar-refractivity contribution in [3.63, 3.8) is 0 Å². The van der Waals surface area contributed by atoms with Gasteiger partial charge in [0.15, 0.2) is 6.61 Å². The topological polar surface area (TPSA) is 90.9 Å². The molecule has 28 heavy (non-hydrogen) atoms. The van der Waals surface area contributed by atoms with Crippen LogP contribution in [0.1, 0.15) is 33.1 Å². The minimum absolute atomic E-state index is 0.204. The molecule has 0 saturated heterocycles. The van der Waals surface area contributed by atoms with E-state index in [1.165, 1.54) is 25.6 Å². The third-order valence-electron chi connectivity index (χ3n) is 4.34. The van der Waals surface area contributed by atoms with Crippen LogP contribution in [-0.2, 0) is 25.5 Å². The van der Waals surface area contributed by atoms with Gasteiger partial charge in [-0.25, -0.2) is 4.79 Å². The zero-order valence-corrected chi connectivity index (χ0v) is 16.8. The van der Waals surface area contributed by atoms with Crippen molar-refractivity contribution in [1.82, 2.24) is 0 Å². The predicted molar refractivity (Wildman–Crippen MR) is 104 cm³/mol. The molecule has 2 aromatic rings. The van der Waals surface area contributed by atoms with Crippen molar-refractivity contribution in [2.45, 2.75) is 18.8 Å². The molecule has 148 valence electrons. The number of thiophene rings is 1. The molecule has 1 amide bonds. The van der Waals surface area contributed by atoms with Crippen LogP contribution in [0.4, 0.5) is 5.00 Å². The van der Waals surface area contributed by atoms with E-state index in [0.29, 0.717) is 34.2 Å². The number of halogens is 1. The molecular formula is C19H18ClNO6S. The number of fused-ring (bicyclic) bond motifs is 1. The van der Waals surface area contributed by atoms with Crippen LogP contribution in [-0.4, -0.2) is 38.7 Å². The predicted octanol–water partition coefficient (Wildman–Crippen LogP) is 3.41. The largest absolute Gasteiger partial charge is 0.484 e. The van der Waals surface area contributed by atoms with Crippen molar-refractivity contribution in [1.29, 1.82) is 0 Å². The number of rotatable bonds is 6. The number of nitrogens with one attached hydrogen (secondary N) is 1. The van der Waals surface area contributed by atoms with Gasteiger partial charge in [0.2, 0.25) is 0 Å². The van der Waals surface area contributed by atoms with Crippen LogP contribution in [0.2, 0.25) is 5.02 Å². The maximum Gasteiger partial charge on any atom is 0.341 e. The minimum atomic E-state index is -0.609. The molecule has 1 aromatic carbocycles. The second kappa shape index (κ2) is 8.62. The Morgan fingerprint density at radius 1 is 1.18 bits per heavy atom. The summed E-state index contributed by atoms with van der Waals surface area (Å²) in [5.74, 6) is -1.50. The molecule has 1 unspecified atom stereocenters. The first-order valence-corrected chi connectivity index (χ1v) is 9.64. The van der Waals surface area contributed by atoms with Crippen molar-refractivity contribution in [2.24, 2.45) is 0 Å². The molecular weight excluding hydrogens is 406 g/mol. The summed E-state index contributed by atoms with van der Waals surface area (Å²) in [5.41, 5.74) is 0.785. The number of hydrogen-bond acceptors (Lipinski definition) is 7. The first-order chi connectivity index (χ1) is 13.4. The van der Waals surface area contributed by atoms with E-state index in [1.54, 1.807) is 24.3 Å². The van der Waals surface area contributed by atoms with Crippen LogP contribution >= 0.6 is 22.9 Å². The zero-order chi connectivity index (χ0) is 20.3. The van der Waals surface area contributed by atoms with Crippen molar-refractivity contribution >= 4 is 45.8 Å². The third kappa shape index (κ3) is 4.13. The Bertz CT molecular complexity index is 908. The van der Waals surface area contributed by atoms with Gasteiger partial charge in [-0.05, 0) is 42.7 Å². The average molecular weight is 424 g/mol. The second-order valence-corrected chi connectivity index (χ2v) is 7.58. The Morgan fingerprint density at radius 3 is 2.54 bits per heavy atom. The van der Waals surface area contributed by atoms with Gasteiger partial charge in [-0.3, -0.25) is 9.59 Å². The standard InChI is InChI=1S/C19H18ClNO6S/c1-25-18(23)12-7-8-13-15(12)16(19(24)26-2)17(28-13)21-14(22)9-27-11-5-3-10(20)4-6-11/h3-6,12H,7-9H2,1-2H3,(H,21,22). The molecule has 0 saturated carbocycles. The van der Waals surface area contributed by atoms with E-state index >= 15 is 0 Å². The summed E-state index contributed by atoms with van der Waals surface area (Å²) in [6.07, 6.45) is 1.19. The number of methoxy groups -OCH3 is 2. The van der Waals surface area contributed by atoms with Crippen LogP contribution in [0.3, 0.4) is 0 Å². The molecule has 0 bridgehead atoms. The average Bonchev–Trinajstić information content (AvgIpc) is 3.25. The minimum Gasteiger partial charge on any atom is -0.484 e. The lowest BCUT2D eigenvalue weighted by molar-refractivity contribution is -0.142. The highest BCUT2D eigenvalue weighted by Gasteiger charge is 2.38. The van der Waals surface area contributed by atoms with Crippen LogP contribution in [0.25, 0.3) is 0 Å². The van der Waals surface area contributed by atoms with Gasteiger partial charge in [-0.2, -0.15) is 0 Å². The first-order valence-electron chi connectivity index (χ1n) is 8.44. The van der Waals surface area contributed by atoms with Crippen LogP contribution in [0.15, 0.2) is 24.3 Å². The molecule has 0 aliphatic heterocycles. The molecule has 9 heteroatoms. The molecule has 3 rings (SSSR count). The smallest absolute Gasteiger partial charge is 0.341 e. The SMILES string of the molecule is COC(=O)c1c(NC(=O)COc2ccc(Cl)cc2)sc2c1C(C(=O)OC)CC2. The number of carbonyl (C=O) groups excluding carboxylic acids is 3. The summed E-state index contributed by atoms with van der Waals surface area (Å²) in [5, 5.41) is 3.60. The van der Waals surface area contributed by atoms with Gasteiger partial charge in [0.25, 0.3) is 5.91 Å². The van der Waals surface area contributed by atoms with E-state index < -0.39 is 23.8 Å². The molecule has 1 aliphatic rings. The van der Waals surface area contributed by atoms with E-state index in [4.69, 9.17) is 25.8 Å². The van der Waals surface area contributed by atoms with Gasteiger partial charge in [0, 0.05) is 9.90 Å². The van der Waals surface area contributed by atoms with Crippen molar-refractivity contribution in [2.75, 3.05) is 26.1 Å². The molecule has 0 spiro atoms. The van der Waals surface area contributed by atoms with Crippen molar-refractivity contribution in [3.05, 3.63) is 45.3 Å². The molecule has 1 aliphatic carbocycles. The highest BCUT2D eigenvalue weighted by molar-refractivity contribution is 7.17. The van der Waals surface area contributed by atoms with Crippen molar-refractivity contribution in [3.8, 4) is 5.75 Å². The lowest BCUT2D eigenvalue weighted by Gasteiger charge is -2.12. The lowest BCUT2D eigenvalue weighted by atomic mass is 9.99. The molecule has 0 fully saturated rings. The third-order valence-corrected chi connectivity index (χ3v) is 5.78. The molecule has 7 nitrogen and oxygen atoms in total. The van der Waals surface area contributed by atoms with Crippen LogP contribution < -0.4 is 10.1 Å². The van der Waals surface area contributed by atoms with Gasteiger partial charge < -0.3 is 19.5 Å². The summed E-state index contributed by atoms with van der Waals surface area (Å²) in [7, 11) is 2.56. The highest BCUT2D eigenvalue weighted by Crippen LogP contribution is 2.45. The van der Waals surface area contributed by atoms with E-state index in [-0.39, 0.29) is 12.2 Å². The summed E-state index contributed by atoms with van der Waals surface area (Å²) in [6.45, 7) is -0.245. The summed E-state index contributed by atoms with van der Waals surface area (Å²) < 4.78 is 15.1. The number of amides is 1. The number of esters is 2. The van der Waals surface area contributed by atoms with E-state index in [9.17, 15) is 14.4 Å². The van der Waals surface area contributed by atoms with Gasteiger partial charge in [-0.1, -0.05) is 11.6 Å². The Hall–Kier alpha value is -2.58. The summed E-state index contributed by atoms with van der Waals surface area (Å²) in [4.78, 5) is 37.6. The highest BCUT2D eigenvalue weighted by atomic mass is 35.5. The fourth-order valence-electron chi connectivity index (χ4n) is 3.08. The number of carbonyl (C=O) groups is 3. The lowest BCUT2D eigenvalue weighted by Crippen LogP contribution is -2.22. The Labute approximate surface area is 170 Å². The van der Waals surface area contributed by atoms with Crippen LogP contribution in [0, 0.1) is 0 Å². The quantitative estimate of drug-likeness (QED) is 0.716. The maximum atomic E-state index is 12.3. The number of benzene rings is 1. The Morgan fingerprint density at radius 2 is 1.89 bits per heavy atom. The fourth-order valence-corrected chi connectivity index (χ4v) is 4.48. The van der Waals surface area contributed by atoms with E-state index in [2.05, 4.69) is 5.32 Å². The number of hydrogen-bond donors (Lipinski definition) is 1. The maximum absolute atomic E-state index is 12.3. The molecule has 1 heterocycles. The van der Waals surface area contributed by atoms with E-state index in [0.717, 1.165) is 4.88 Å². The van der Waals surface area contributed by atoms with E-state index in [1.807, 2.05) is 0 Å². The molecule has 1 aromatic heterocycles. The molecule has 1 N–H and O–H groups in total. The Kier molecular flexibility index (Phi) is 6.21. The van der Waals surface area contributed by atoms with Gasteiger partial charge in [-0.15, -0.1) is 11.3 Å². The summed E-state index contributed by atoms with van der Waals surface area (Å²) >= 11 is 7.08. The second-order valence-electron chi connectivity index (χ2n) is 6.04. The fraction of sp³-hybridized carbons (Fsp3) is 0.316. The normalized spacial score (nSPS) is 14.9. The monoisotopic (exact) mass is 423 g/mol. The molecule has 1 atom stereocenters. The first kappa shape index (κ1) is 20.2. The summed E-state index contributed by atoms with van der Waals surface area (Å²) in [6, 6.07) is 6.61. The van der Waals surface area contributed by atoms with Crippen molar-refractivity contribution < 1.29 is 28.6 Å². The van der Waals surface area contributed by atoms with Gasteiger partial charge >= 0.3 is 11.9 Å². The molecule has 0 radical (unpaired) electrons. The van der Waals surface area contributed by atoms with Gasteiger partial charge in [0.1, 0.15) is 10.8 Å². The number of ether oxygens (including phenoxy) is 3.